The third kappa shape index (κ3) is 55.5. The molecule has 0 aromatic heterocycles. The van der Waals surface area contributed by atoms with Gasteiger partial charge in [-0.05, 0) is 12.8 Å². The van der Waals surface area contributed by atoms with Crippen molar-refractivity contribution in [2.24, 2.45) is 0 Å². The van der Waals surface area contributed by atoms with Crippen molar-refractivity contribution in [3.63, 3.8) is 0 Å². The van der Waals surface area contributed by atoms with Gasteiger partial charge in [-0.25, -0.2) is 0 Å². The normalized spacial score (nSPS) is 12.0. The van der Waals surface area contributed by atoms with E-state index in [4.69, 9.17) is 9.47 Å². The van der Waals surface area contributed by atoms with Crippen LogP contribution < -0.4 is 0 Å². The molecule has 1 unspecified atom stereocenters. The van der Waals surface area contributed by atoms with Gasteiger partial charge in [0.1, 0.15) is 6.61 Å². The Hall–Kier alpha value is -1.10. The lowest BCUT2D eigenvalue weighted by Crippen LogP contribution is -2.28. The van der Waals surface area contributed by atoms with Crippen molar-refractivity contribution >= 4 is 11.9 Å². The molecule has 0 heterocycles. The van der Waals surface area contributed by atoms with Crippen LogP contribution in [0.2, 0.25) is 0 Å². The molecule has 66 heavy (non-hydrogen) atoms. The summed E-state index contributed by atoms with van der Waals surface area (Å²) in [6.07, 6.45) is 71.1. The van der Waals surface area contributed by atoms with Gasteiger partial charge in [0.15, 0.2) is 6.10 Å². The summed E-state index contributed by atoms with van der Waals surface area (Å²) >= 11 is 0. The second-order valence-electron chi connectivity index (χ2n) is 21.2. The smallest absolute Gasteiger partial charge is 0.306 e. The van der Waals surface area contributed by atoms with Crippen molar-refractivity contribution in [1.29, 1.82) is 0 Å². The first-order valence-corrected chi connectivity index (χ1v) is 30.6. The van der Waals surface area contributed by atoms with Gasteiger partial charge in [0.05, 0.1) is 6.61 Å². The number of ether oxygens (including phenoxy) is 2. The quantitative estimate of drug-likeness (QED) is 0.0486. The Morgan fingerprint density at radius 2 is 0.470 bits per heavy atom. The van der Waals surface area contributed by atoms with Crippen molar-refractivity contribution < 1.29 is 24.2 Å². The molecule has 0 aliphatic rings. The van der Waals surface area contributed by atoms with E-state index >= 15 is 0 Å². The third-order valence-electron chi connectivity index (χ3n) is 14.4. The molecule has 0 rings (SSSR count). The molecule has 1 N–H and O–H groups in total. The van der Waals surface area contributed by atoms with E-state index in [0.29, 0.717) is 12.8 Å². The number of hydrogen-bond donors (Lipinski definition) is 1. The SMILES string of the molecule is CCCCCCCCCCCCCCCCCCCCCCCCCCCCCCCC(=O)OC(CO)COC(=O)CCCCCCCCCCCCCCCCCCCCCCCCC. The van der Waals surface area contributed by atoms with Crippen LogP contribution in [-0.4, -0.2) is 36.4 Å². The molecule has 0 radical (unpaired) electrons. The van der Waals surface area contributed by atoms with E-state index < -0.39 is 6.10 Å². The third-order valence-corrected chi connectivity index (χ3v) is 14.4. The number of carbonyl (C=O) groups is 2. The second-order valence-corrected chi connectivity index (χ2v) is 21.2. The molecule has 0 saturated heterocycles. The number of esters is 2. The van der Waals surface area contributed by atoms with Crippen molar-refractivity contribution in [2.75, 3.05) is 13.2 Å². The predicted octanol–water partition coefficient (Wildman–Crippen LogP) is 20.5. The van der Waals surface area contributed by atoms with E-state index in [2.05, 4.69) is 13.8 Å². The van der Waals surface area contributed by atoms with Crippen LogP contribution in [0.5, 0.6) is 0 Å². The standard InChI is InChI=1S/C61H120O5/c1-3-5-7-9-11-13-15-17-19-21-23-25-27-28-29-30-31-32-34-36-38-40-42-44-46-48-50-52-54-56-61(64)66-59(57-62)58-65-60(63)55-53-51-49-47-45-43-41-39-37-35-33-26-24-22-20-18-16-14-12-10-8-6-4-2/h59,62H,3-58H2,1-2H3. The van der Waals surface area contributed by atoms with E-state index in [0.717, 1.165) is 32.1 Å². The minimum absolute atomic E-state index is 0.0555. The van der Waals surface area contributed by atoms with Crippen LogP contribution >= 0.6 is 0 Å². The summed E-state index contributed by atoms with van der Waals surface area (Å²) in [5.41, 5.74) is 0. The van der Waals surface area contributed by atoms with Gasteiger partial charge in [0.25, 0.3) is 0 Å². The molecule has 0 fully saturated rings. The predicted molar refractivity (Wildman–Crippen MR) is 289 cm³/mol. The van der Waals surface area contributed by atoms with Gasteiger partial charge in [-0.15, -0.1) is 0 Å². The Labute approximate surface area is 414 Å². The Bertz CT molecular complexity index is 921. The molecule has 5 nitrogen and oxygen atoms in total. The lowest BCUT2D eigenvalue weighted by atomic mass is 10.0. The molecule has 0 aliphatic heterocycles. The molecule has 0 aromatic rings. The number of hydrogen-bond acceptors (Lipinski definition) is 5. The lowest BCUT2D eigenvalue weighted by molar-refractivity contribution is -0.161. The molecule has 0 aliphatic carbocycles. The van der Waals surface area contributed by atoms with Crippen molar-refractivity contribution in [3.05, 3.63) is 0 Å². The van der Waals surface area contributed by atoms with Gasteiger partial charge >= 0.3 is 11.9 Å². The van der Waals surface area contributed by atoms with Crippen LogP contribution in [0.1, 0.15) is 361 Å². The first-order valence-electron chi connectivity index (χ1n) is 30.6. The summed E-state index contributed by atoms with van der Waals surface area (Å²) in [7, 11) is 0. The van der Waals surface area contributed by atoms with E-state index in [1.54, 1.807) is 0 Å². The molecule has 0 amide bonds. The van der Waals surface area contributed by atoms with E-state index in [-0.39, 0.29) is 25.2 Å². The van der Waals surface area contributed by atoms with Crippen LogP contribution in [0.25, 0.3) is 0 Å². The maximum atomic E-state index is 12.3. The fourth-order valence-electron chi connectivity index (χ4n) is 9.80. The second kappa shape index (κ2) is 58.2. The highest BCUT2D eigenvalue weighted by Crippen LogP contribution is 2.19. The van der Waals surface area contributed by atoms with Crippen molar-refractivity contribution in [2.45, 2.75) is 367 Å². The Balaban J connectivity index is 3.37. The maximum Gasteiger partial charge on any atom is 0.306 e. The highest BCUT2D eigenvalue weighted by atomic mass is 16.6. The minimum atomic E-state index is -0.764. The lowest BCUT2D eigenvalue weighted by Gasteiger charge is -2.15. The van der Waals surface area contributed by atoms with Gasteiger partial charge in [0, 0.05) is 12.8 Å². The van der Waals surface area contributed by atoms with Crippen molar-refractivity contribution in [1.82, 2.24) is 0 Å². The highest BCUT2D eigenvalue weighted by molar-refractivity contribution is 5.70. The number of rotatable bonds is 58. The summed E-state index contributed by atoms with van der Waals surface area (Å²) < 4.78 is 10.7. The Morgan fingerprint density at radius 3 is 0.667 bits per heavy atom. The van der Waals surface area contributed by atoms with Crippen LogP contribution in [0.3, 0.4) is 0 Å². The summed E-state index contributed by atoms with van der Waals surface area (Å²) in [4.78, 5) is 24.6. The average Bonchev–Trinajstić information content (AvgIpc) is 3.32. The monoisotopic (exact) mass is 933 g/mol. The zero-order chi connectivity index (χ0) is 47.7. The Morgan fingerprint density at radius 1 is 0.288 bits per heavy atom. The summed E-state index contributed by atoms with van der Waals surface area (Å²) in [6, 6.07) is 0. The molecule has 0 aromatic carbocycles. The number of unbranched alkanes of at least 4 members (excludes halogenated alkanes) is 50. The van der Waals surface area contributed by atoms with E-state index in [9.17, 15) is 14.7 Å². The first-order chi connectivity index (χ1) is 32.6. The molecule has 0 spiro atoms. The van der Waals surface area contributed by atoms with Gasteiger partial charge in [-0.3, -0.25) is 9.59 Å². The van der Waals surface area contributed by atoms with Crippen LogP contribution in [0.4, 0.5) is 0 Å². The maximum absolute atomic E-state index is 12.3. The molecule has 394 valence electrons. The first kappa shape index (κ1) is 64.9. The highest BCUT2D eigenvalue weighted by Gasteiger charge is 2.16. The fraction of sp³-hybridized carbons (Fsp3) is 0.967. The Kier molecular flexibility index (Phi) is 57.2. The summed E-state index contributed by atoms with van der Waals surface area (Å²) in [5.74, 6) is -0.561. The minimum Gasteiger partial charge on any atom is -0.462 e. The van der Waals surface area contributed by atoms with Gasteiger partial charge in [0.2, 0.25) is 0 Å². The number of aliphatic hydroxyl groups excluding tert-OH is 1. The molecule has 5 heteroatoms. The fourth-order valence-corrected chi connectivity index (χ4v) is 9.80. The zero-order valence-electron chi connectivity index (χ0n) is 45.3. The van der Waals surface area contributed by atoms with Gasteiger partial charge in [-0.1, -0.05) is 335 Å². The van der Waals surface area contributed by atoms with E-state index in [1.165, 1.54) is 302 Å². The topological polar surface area (TPSA) is 72.8 Å². The zero-order valence-corrected chi connectivity index (χ0v) is 45.3. The molecular formula is C61H120O5. The molecule has 0 bridgehead atoms. The average molecular weight is 934 g/mol. The molecule has 1 atom stereocenters. The van der Waals surface area contributed by atoms with Gasteiger partial charge < -0.3 is 14.6 Å². The van der Waals surface area contributed by atoms with E-state index in [1.807, 2.05) is 0 Å². The summed E-state index contributed by atoms with van der Waals surface area (Å²) in [5, 5.41) is 9.67. The van der Waals surface area contributed by atoms with Crippen LogP contribution in [0.15, 0.2) is 0 Å². The number of aliphatic hydroxyl groups is 1. The molecule has 0 saturated carbocycles. The van der Waals surface area contributed by atoms with Crippen LogP contribution in [-0.2, 0) is 19.1 Å². The van der Waals surface area contributed by atoms with Crippen molar-refractivity contribution in [3.8, 4) is 0 Å². The summed E-state index contributed by atoms with van der Waals surface area (Å²) in [6.45, 7) is 4.22. The largest absolute Gasteiger partial charge is 0.462 e. The van der Waals surface area contributed by atoms with Crippen LogP contribution in [0, 0.1) is 0 Å². The molecular weight excluding hydrogens is 813 g/mol. The number of carbonyl (C=O) groups excluding carboxylic acids is 2. The van der Waals surface area contributed by atoms with Gasteiger partial charge in [-0.2, -0.15) is 0 Å².